The first-order valence-corrected chi connectivity index (χ1v) is 8.81. The van der Waals surface area contributed by atoms with Crippen LogP contribution in [0.1, 0.15) is 17.5 Å². The number of nitrogens with zero attached hydrogens (tertiary/aromatic N) is 1. The summed E-state index contributed by atoms with van der Waals surface area (Å²) in [7, 11) is 0. The Morgan fingerprint density at radius 2 is 1.85 bits per heavy atom. The molecule has 0 spiro atoms. The van der Waals surface area contributed by atoms with Crippen molar-refractivity contribution in [1.29, 1.82) is 0 Å². The van der Waals surface area contributed by atoms with Crippen LogP contribution in [0, 0.1) is 5.82 Å². The highest BCUT2D eigenvalue weighted by Gasteiger charge is 2.06. The molecule has 0 radical (unpaired) electrons. The van der Waals surface area contributed by atoms with Gasteiger partial charge in [-0.1, -0.05) is 41.9 Å². The van der Waals surface area contributed by atoms with Crippen LogP contribution in [0.2, 0.25) is 5.02 Å². The van der Waals surface area contributed by atoms with Crippen LogP contribution in [-0.4, -0.2) is 11.2 Å². The van der Waals surface area contributed by atoms with Crippen LogP contribution in [0.25, 0.3) is 0 Å². The third-order valence-electron chi connectivity index (χ3n) is 4.02. The van der Waals surface area contributed by atoms with Crippen LogP contribution in [0.5, 0.6) is 5.75 Å². The monoisotopic (exact) mass is 371 g/mol. The number of pyridine rings is 1. The van der Waals surface area contributed by atoms with Crippen LogP contribution in [0.4, 0.5) is 4.39 Å². The summed E-state index contributed by atoms with van der Waals surface area (Å²) in [5, 5.41) is 0.339. The molecule has 0 atom stereocenters. The molecule has 1 heterocycles. The van der Waals surface area contributed by atoms with E-state index in [4.69, 9.17) is 16.3 Å². The van der Waals surface area contributed by atoms with E-state index in [9.17, 15) is 9.18 Å². The SMILES string of the molecule is O=c1ccc(CCCOc2ccccc2)cn1Cc1ccc(Cl)cc1F. The zero-order valence-corrected chi connectivity index (χ0v) is 15.0. The predicted octanol–water partition coefficient (Wildman–Crippen LogP) is 4.70. The van der Waals surface area contributed by atoms with Gasteiger partial charge in [0.25, 0.3) is 5.56 Å². The molecule has 0 saturated heterocycles. The average Bonchev–Trinajstić information content (AvgIpc) is 2.64. The number of para-hydroxylation sites is 1. The van der Waals surface area contributed by atoms with E-state index < -0.39 is 5.82 Å². The topological polar surface area (TPSA) is 31.2 Å². The van der Waals surface area contributed by atoms with E-state index in [1.807, 2.05) is 30.3 Å². The van der Waals surface area contributed by atoms with Gasteiger partial charge in [-0.05, 0) is 42.7 Å². The fourth-order valence-electron chi connectivity index (χ4n) is 2.67. The Morgan fingerprint density at radius 1 is 1.04 bits per heavy atom. The lowest BCUT2D eigenvalue weighted by Gasteiger charge is -2.10. The lowest BCUT2D eigenvalue weighted by molar-refractivity contribution is 0.311. The molecule has 3 aromatic rings. The van der Waals surface area contributed by atoms with Gasteiger partial charge in [0, 0.05) is 22.8 Å². The maximum atomic E-state index is 14.0. The van der Waals surface area contributed by atoms with Gasteiger partial charge in [0.15, 0.2) is 0 Å². The molecule has 0 unspecified atom stereocenters. The zero-order valence-electron chi connectivity index (χ0n) is 14.2. The van der Waals surface area contributed by atoms with Gasteiger partial charge in [0.1, 0.15) is 11.6 Å². The average molecular weight is 372 g/mol. The van der Waals surface area contributed by atoms with Crippen LogP contribution >= 0.6 is 11.6 Å². The van der Waals surface area contributed by atoms with Gasteiger partial charge in [0.05, 0.1) is 13.2 Å². The fourth-order valence-corrected chi connectivity index (χ4v) is 2.83. The molecule has 0 aliphatic rings. The summed E-state index contributed by atoms with van der Waals surface area (Å²) < 4.78 is 21.1. The van der Waals surface area contributed by atoms with E-state index in [1.165, 1.54) is 16.7 Å². The maximum absolute atomic E-state index is 14.0. The predicted molar refractivity (Wildman–Crippen MR) is 101 cm³/mol. The van der Waals surface area contributed by atoms with Gasteiger partial charge in [-0.15, -0.1) is 0 Å². The van der Waals surface area contributed by atoms with Gasteiger partial charge in [-0.2, -0.15) is 0 Å². The molecule has 3 nitrogen and oxygen atoms in total. The van der Waals surface area contributed by atoms with Crippen molar-refractivity contribution in [2.75, 3.05) is 6.61 Å². The number of ether oxygens (including phenoxy) is 1. The lowest BCUT2D eigenvalue weighted by Crippen LogP contribution is -2.20. The molecule has 3 rings (SSSR count). The minimum absolute atomic E-state index is 0.163. The van der Waals surface area contributed by atoms with E-state index in [2.05, 4.69) is 0 Å². The second-order valence-corrected chi connectivity index (χ2v) is 6.44. The van der Waals surface area contributed by atoms with E-state index in [0.29, 0.717) is 17.2 Å². The number of hydrogen-bond acceptors (Lipinski definition) is 2. The van der Waals surface area contributed by atoms with Crippen LogP contribution in [-0.2, 0) is 13.0 Å². The third kappa shape index (κ3) is 4.96. The Hall–Kier alpha value is -2.59. The summed E-state index contributed by atoms with van der Waals surface area (Å²) in [5.41, 5.74) is 1.28. The number of halogens is 2. The molecule has 0 bridgehead atoms. The van der Waals surface area contributed by atoms with Gasteiger partial charge in [-0.25, -0.2) is 4.39 Å². The number of rotatable bonds is 7. The smallest absolute Gasteiger partial charge is 0.250 e. The first-order chi connectivity index (χ1) is 12.6. The maximum Gasteiger partial charge on any atom is 0.250 e. The Labute approximate surface area is 156 Å². The molecule has 0 aliphatic heterocycles. The molecule has 0 N–H and O–H groups in total. The minimum atomic E-state index is -0.411. The van der Waals surface area contributed by atoms with Crippen molar-refractivity contribution in [1.82, 2.24) is 4.57 Å². The van der Waals surface area contributed by atoms with Crippen molar-refractivity contribution in [2.24, 2.45) is 0 Å². The first-order valence-electron chi connectivity index (χ1n) is 8.43. The van der Waals surface area contributed by atoms with Crippen molar-refractivity contribution in [3.8, 4) is 5.75 Å². The Kier molecular flexibility index (Phi) is 6.08. The molecule has 0 saturated carbocycles. The van der Waals surface area contributed by atoms with Gasteiger partial charge in [-0.3, -0.25) is 4.79 Å². The number of aromatic nitrogens is 1. The molecular weight excluding hydrogens is 353 g/mol. The van der Waals surface area contributed by atoms with Gasteiger partial charge < -0.3 is 9.30 Å². The Bertz CT molecular complexity index is 925. The summed E-state index contributed by atoms with van der Waals surface area (Å²) >= 11 is 5.77. The van der Waals surface area contributed by atoms with Crippen molar-refractivity contribution < 1.29 is 9.13 Å². The Balaban J connectivity index is 1.61. The molecule has 0 fully saturated rings. The van der Waals surface area contributed by atoms with Gasteiger partial charge in [0.2, 0.25) is 0 Å². The molecule has 134 valence electrons. The largest absolute Gasteiger partial charge is 0.494 e. The van der Waals surface area contributed by atoms with Crippen molar-refractivity contribution in [3.05, 3.63) is 99.2 Å². The van der Waals surface area contributed by atoms with Crippen molar-refractivity contribution >= 4 is 11.6 Å². The van der Waals surface area contributed by atoms with Gasteiger partial charge >= 0.3 is 0 Å². The standard InChI is InChI=1S/C21H19ClFNO2/c22-18-10-9-17(20(23)13-18)15-24-14-16(8-11-21(24)25)5-4-12-26-19-6-2-1-3-7-19/h1-3,6-11,13-14H,4-5,12,15H2. The molecule has 5 heteroatoms. The highest BCUT2D eigenvalue weighted by molar-refractivity contribution is 6.30. The second kappa shape index (κ2) is 8.68. The molecule has 2 aromatic carbocycles. The first kappa shape index (κ1) is 18.2. The summed E-state index contributed by atoms with van der Waals surface area (Å²) in [4.78, 5) is 12.1. The third-order valence-corrected chi connectivity index (χ3v) is 4.26. The molecular formula is C21H19ClFNO2. The normalized spacial score (nSPS) is 10.7. The molecule has 1 aromatic heterocycles. The summed E-state index contributed by atoms with van der Waals surface area (Å²) in [6.45, 7) is 0.769. The van der Waals surface area contributed by atoms with E-state index in [1.54, 1.807) is 24.4 Å². The van der Waals surface area contributed by atoms with E-state index in [0.717, 1.165) is 24.2 Å². The highest BCUT2D eigenvalue weighted by atomic mass is 35.5. The highest BCUT2D eigenvalue weighted by Crippen LogP contribution is 2.15. The van der Waals surface area contributed by atoms with Crippen LogP contribution < -0.4 is 10.3 Å². The lowest BCUT2D eigenvalue weighted by atomic mass is 10.1. The number of aryl methyl sites for hydroxylation is 1. The number of hydrogen-bond donors (Lipinski definition) is 0. The quantitative estimate of drug-likeness (QED) is 0.564. The fraction of sp³-hybridized carbons (Fsp3) is 0.190. The van der Waals surface area contributed by atoms with E-state index in [-0.39, 0.29) is 12.1 Å². The van der Waals surface area contributed by atoms with E-state index >= 15 is 0 Å². The zero-order chi connectivity index (χ0) is 18.4. The molecule has 0 amide bonds. The molecule has 0 aliphatic carbocycles. The summed E-state index contributed by atoms with van der Waals surface area (Å²) in [5.74, 6) is 0.432. The van der Waals surface area contributed by atoms with Crippen LogP contribution in [0.15, 0.2) is 71.7 Å². The summed E-state index contributed by atoms with van der Waals surface area (Å²) in [6.07, 6.45) is 3.37. The van der Waals surface area contributed by atoms with Crippen molar-refractivity contribution in [2.45, 2.75) is 19.4 Å². The number of benzene rings is 2. The van der Waals surface area contributed by atoms with Crippen LogP contribution in [0.3, 0.4) is 0 Å². The molecule has 26 heavy (non-hydrogen) atoms. The minimum Gasteiger partial charge on any atom is -0.494 e. The summed E-state index contributed by atoms with van der Waals surface area (Å²) in [6, 6.07) is 17.4. The second-order valence-electron chi connectivity index (χ2n) is 6.00. The van der Waals surface area contributed by atoms with Crippen molar-refractivity contribution in [3.63, 3.8) is 0 Å². The Morgan fingerprint density at radius 3 is 2.62 bits per heavy atom.